The number of aromatic hydroxyl groups is 1. The van der Waals surface area contributed by atoms with Gasteiger partial charge < -0.3 is 14.9 Å². The van der Waals surface area contributed by atoms with Crippen molar-refractivity contribution in [2.45, 2.75) is 13.1 Å². The van der Waals surface area contributed by atoms with Gasteiger partial charge in [-0.05, 0) is 64.1 Å². The zero-order valence-corrected chi connectivity index (χ0v) is 17.5. The van der Waals surface area contributed by atoms with E-state index in [-0.39, 0.29) is 11.5 Å². The van der Waals surface area contributed by atoms with Crippen molar-refractivity contribution in [1.29, 1.82) is 0 Å². The van der Waals surface area contributed by atoms with Crippen LogP contribution < -0.4 is 0 Å². The Labute approximate surface area is 170 Å². The molecule has 0 fully saturated rings. The highest BCUT2D eigenvalue weighted by Crippen LogP contribution is 2.27. The van der Waals surface area contributed by atoms with E-state index in [2.05, 4.69) is 0 Å². The molecule has 0 aromatic heterocycles. The number of allylic oxidation sites excluding steroid dienone is 1. The number of phenolic OH excluding ortho intramolecular Hbond substituents is 1. The molecule has 0 atom stereocenters. The van der Waals surface area contributed by atoms with Gasteiger partial charge in [0.2, 0.25) is 0 Å². The minimum atomic E-state index is -0.138. The van der Waals surface area contributed by atoms with Gasteiger partial charge in [-0.3, -0.25) is 4.79 Å². The predicted octanol–water partition coefficient (Wildman–Crippen LogP) is 4.72. The van der Waals surface area contributed by atoms with Crippen molar-refractivity contribution in [3.8, 4) is 5.75 Å². The Balaban J connectivity index is 2.35. The van der Waals surface area contributed by atoms with Gasteiger partial charge in [-0.2, -0.15) is 0 Å². The number of hydrogen-bond acceptors (Lipinski definition) is 4. The van der Waals surface area contributed by atoms with Crippen LogP contribution in [0.15, 0.2) is 36.4 Å². The van der Waals surface area contributed by atoms with Gasteiger partial charge in [-0.25, -0.2) is 0 Å². The van der Waals surface area contributed by atoms with Gasteiger partial charge in [0.05, 0.1) is 10.0 Å². The summed E-state index contributed by atoms with van der Waals surface area (Å²) in [4.78, 5) is 16.6. The molecule has 0 aliphatic rings. The lowest BCUT2D eigenvalue weighted by Crippen LogP contribution is -2.15. The van der Waals surface area contributed by atoms with E-state index >= 15 is 0 Å². The molecule has 4 nitrogen and oxygen atoms in total. The summed E-state index contributed by atoms with van der Waals surface area (Å²) in [6.07, 6.45) is 3.21. The molecule has 144 valence electrons. The summed E-state index contributed by atoms with van der Waals surface area (Å²) in [5.41, 5.74) is 2.78. The third kappa shape index (κ3) is 6.08. The number of carbonyl (C=O) groups excluding carboxylic acids is 1. The fraction of sp³-hybridized carbons (Fsp3) is 0.286. The summed E-state index contributed by atoms with van der Waals surface area (Å²) in [6, 6.07) is 8.69. The highest BCUT2D eigenvalue weighted by molar-refractivity contribution is 6.42. The Bertz CT molecular complexity index is 830. The SMILES string of the molecule is CN(C)Cc1cc(C(=O)/C=C/c2ccc(Cl)c(Cl)c2)cc(CN(C)C)c1O. The molecule has 0 bridgehead atoms. The molecule has 1 N–H and O–H groups in total. The number of carbonyl (C=O) groups is 1. The molecule has 0 aliphatic carbocycles. The van der Waals surface area contributed by atoms with E-state index in [9.17, 15) is 9.90 Å². The van der Waals surface area contributed by atoms with Crippen LogP contribution in [0.25, 0.3) is 6.08 Å². The predicted molar refractivity (Wildman–Crippen MR) is 113 cm³/mol. The van der Waals surface area contributed by atoms with Crippen LogP contribution in [0, 0.1) is 0 Å². The van der Waals surface area contributed by atoms with Crippen molar-refractivity contribution >= 4 is 35.1 Å². The van der Waals surface area contributed by atoms with Gasteiger partial charge in [0.25, 0.3) is 0 Å². The maximum absolute atomic E-state index is 12.7. The minimum absolute atomic E-state index is 0.138. The normalized spacial score (nSPS) is 11.7. The Morgan fingerprint density at radius 1 is 0.963 bits per heavy atom. The summed E-state index contributed by atoms with van der Waals surface area (Å²) >= 11 is 11.9. The van der Waals surface area contributed by atoms with Crippen molar-refractivity contribution in [3.63, 3.8) is 0 Å². The summed E-state index contributed by atoms with van der Waals surface area (Å²) in [6.45, 7) is 1.09. The molecule has 27 heavy (non-hydrogen) atoms. The minimum Gasteiger partial charge on any atom is -0.507 e. The fourth-order valence-electron chi connectivity index (χ4n) is 2.71. The van der Waals surface area contributed by atoms with Gasteiger partial charge in [-0.1, -0.05) is 35.3 Å². The largest absolute Gasteiger partial charge is 0.507 e. The lowest BCUT2D eigenvalue weighted by Gasteiger charge is -2.17. The standard InChI is InChI=1S/C21H24Cl2N2O2/c1-24(2)12-16-10-15(11-17(21(16)27)13-25(3)4)20(26)8-6-14-5-7-18(22)19(23)9-14/h5-11,27H,12-13H2,1-4H3/b8-6+. The highest BCUT2D eigenvalue weighted by atomic mass is 35.5. The van der Waals surface area contributed by atoms with E-state index in [0.29, 0.717) is 28.7 Å². The fourth-order valence-corrected chi connectivity index (χ4v) is 3.02. The second-order valence-corrected chi connectivity index (χ2v) is 7.80. The lowest BCUT2D eigenvalue weighted by molar-refractivity contribution is 0.104. The average molecular weight is 407 g/mol. The molecule has 0 aliphatic heterocycles. The number of nitrogens with zero attached hydrogens (tertiary/aromatic N) is 2. The van der Waals surface area contributed by atoms with Gasteiger partial charge in [0.15, 0.2) is 5.78 Å². The molecular weight excluding hydrogens is 383 g/mol. The van der Waals surface area contributed by atoms with Gasteiger partial charge in [-0.15, -0.1) is 0 Å². The number of benzene rings is 2. The van der Waals surface area contributed by atoms with E-state index in [0.717, 1.165) is 16.7 Å². The van der Waals surface area contributed by atoms with E-state index < -0.39 is 0 Å². The van der Waals surface area contributed by atoms with Crippen LogP contribution in [0.2, 0.25) is 10.0 Å². The monoisotopic (exact) mass is 406 g/mol. The number of hydrogen-bond donors (Lipinski definition) is 1. The Hall–Kier alpha value is -1.85. The second kappa shape index (κ2) is 9.38. The molecule has 0 heterocycles. The Morgan fingerprint density at radius 3 is 2.00 bits per heavy atom. The Morgan fingerprint density at radius 2 is 1.52 bits per heavy atom. The van der Waals surface area contributed by atoms with Gasteiger partial charge in [0, 0.05) is 29.8 Å². The molecule has 2 aromatic rings. The highest BCUT2D eigenvalue weighted by Gasteiger charge is 2.14. The number of phenols is 1. The molecule has 0 amide bonds. The first kappa shape index (κ1) is 21.5. The molecule has 2 aromatic carbocycles. The zero-order chi connectivity index (χ0) is 20.1. The first-order chi connectivity index (χ1) is 12.7. The average Bonchev–Trinajstić information content (AvgIpc) is 2.58. The van der Waals surface area contributed by atoms with Gasteiger partial charge >= 0.3 is 0 Å². The van der Waals surface area contributed by atoms with Crippen LogP contribution in [0.1, 0.15) is 27.0 Å². The summed E-state index contributed by atoms with van der Waals surface area (Å²) < 4.78 is 0. The maximum Gasteiger partial charge on any atom is 0.185 e. The Kier molecular flexibility index (Phi) is 7.45. The molecule has 0 spiro atoms. The third-order valence-corrected chi connectivity index (χ3v) is 4.64. The van der Waals surface area contributed by atoms with Crippen LogP contribution in [-0.2, 0) is 13.1 Å². The van der Waals surface area contributed by atoms with E-state index in [4.69, 9.17) is 23.2 Å². The second-order valence-electron chi connectivity index (χ2n) is 6.99. The first-order valence-electron chi connectivity index (χ1n) is 8.49. The third-order valence-electron chi connectivity index (χ3n) is 3.90. The summed E-state index contributed by atoms with van der Waals surface area (Å²) in [5, 5.41) is 11.5. The molecule has 6 heteroatoms. The van der Waals surface area contributed by atoms with Crippen LogP contribution in [-0.4, -0.2) is 48.9 Å². The number of halogens is 2. The topological polar surface area (TPSA) is 43.8 Å². The lowest BCUT2D eigenvalue weighted by atomic mass is 10.00. The molecule has 2 rings (SSSR count). The van der Waals surface area contributed by atoms with Crippen LogP contribution in [0.3, 0.4) is 0 Å². The van der Waals surface area contributed by atoms with Crippen LogP contribution in [0.5, 0.6) is 5.75 Å². The van der Waals surface area contributed by atoms with Crippen molar-refractivity contribution in [2.24, 2.45) is 0 Å². The van der Waals surface area contributed by atoms with Gasteiger partial charge in [0.1, 0.15) is 5.75 Å². The maximum atomic E-state index is 12.7. The number of ketones is 1. The first-order valence-corrected chi connectivity index (χ1v) is 9.24. The molecule has 0 unspecified atom stereocenters. The molecule has 0 saturated carbocycles. The quantitative estimate of drug-likeness (QED) is 0.533. The van der Waals surface area contributed by atoms with Crippen LogP contribution in [0.4, 0.5) is 0 Å². The summed E-state index contributed by atoms with van der Waals surface area (Å²) in [5.74, 6) is 0.100. The van der Waals surface area contributed by atoms with Crippen molar-refractivity contribution in [1.82, 2.24) is 9.80 Å². The van der Waals surface area contributed by atoms with Crippen molar-refractivity contribution in [3.05, 3.63) is 68.7 Å². The van der Waals surface area contributed by atoms with E-state index in [1.165, 1.54) is 6.08 Å². The van der Waals surface area contributed by atoms with Crippen molar-refractivity contribution < 1.29 is 9.90 Å². The van der Waals surface area contributed by atoms with E-state index in [1.807, 2.05) is 38.0 Å². The molecule has 0 saturated heterocycles. The molecular formula is C21H24Cl2N2O2. The zero-order valence-electron chi connectivity index (χ0n) is 16.0. The van der Waals surface area contributed by atoms with Crippen molar-refractivity contribution in [2.75, 3.05) is 28.2 Å². The summed E-state index contributed by atoms with van der Waals surface area (Å²) in [7, 11) is 7.68. The smallest absolute Gasteiger partial charge is 0.185 e. The molecule has 0 radical (unpaired) electrons. The number of rotatable bonds is 7. The van der Waals surface area contributed by atoms with Crippen LogP contribution >= 0.6 is 23.2 Å². The van der Waals surface area contributed by atoms with E-state index in [1.54, 1.807) is 36.4 Å².